The van der Waals surface area contributed by atoms with E-state index in [1.165, 1.54) is 5.56 Å². The third kappa shape index (κ3) is 5.72. The number of nitrogens with one attached hydrogen (secondary N) is 1. The minimum absolute atomic E-state index is 0. The van der Waals surface area contributed by atoms with Gasteiger partial charge in [0.25, 0.3) is 0 Å². The Bertz CT molecular complexity index is 442. The van der Waals surface area contributed by atoms with Gasteiger partial charge in [-0.2, -0.15) is 8.42 Å². The van der Waals surface area contributed by atoms with Gasteiger partial charge >= 0.3 is 10.2 Å². The van der Waals surface area contributed by atoms with Crippen molar-refractivity contribution >= 4 is 28.3 Å². The zero-order chi connectivity index (χ0) is 11.3. The standard InChI is InChI=1S/C10H12FNO2S.ClH/c1-2-9-3-5-10(6-4-9)12-7-8-15(11,13)14;/h3-8,12H,2H2,1H3;1H/b8-7+;. The molecule has 1 aromatic carbocycles. The van der Waals surface area contributed by atoms with Crippen LogP contribution in [-0.2, 0) is 16.6 Å². The maximum Gasteiger partial charge on any atom is 0.326 e. The summed E-state index contributed by atoms with van der Waals surface area (Å²) in [5.41, 5.74) is 1.90. The number of aryl methyl sites for hydroxylation is 1. The molecule has 1 rings (SSSR count). The van der Waals surface area contributed by atoms with Crippen molar-refractivity contribution in [3.63, 3.8) is 0 Å². The van der Waals surface area contributed by atoms with Crippen LogP contribution in [0.3, 0.4) is 0 Å². The van der Waals surface area contributed by atoms with Crippen LogP contribution in [0.25, 0.3) is 0 Å². The van der Waals surface area contributed by atoms with E-state index in [9.17, 15) is 12.3 Å². The van der Waals surface area contributed by atoms with Gasteiger partial charge in [0.15, 0.2) is 0 Å². The zero-order valence-corrected chi connectivity index (χ0v) is 10.3. The summed E-state index contributed by atoms with van der Waals surface area (Å²) in [5, 5.41) is 3.13. The molecule has 3 nitrogen and oxygen atoms in total. The molecule has 0 amide bonds. The lowest BCUT2D eigenvalue weighted by Crippen LogP contribution is -1.90. The van der Waals surface area contributed by atoms with Crippen LogP contribution < -0.4 is 5.32 Å². The van der Waals surface area contributed by atoms with E-state index in [1.807, 2.05) is 19.1 Å². The average molecular weight is 266 g/mol. The second kappa shape index (κ2) is 6.50. The van der Waals surface area contributed by atoms with Gasteiger partial charge in [0, 0.05) is 11.9 Å². The summed E-state index contributed by atoms with van der Waals surface area (Å²) >= 11 is 0. The molecule has 0 spiro atoms. The molecule has 0 fully saturated rings. The number of hydrogen-bond acceptors (Lipinski definition) is 3. The first kappa shape index (κ1) is 14.9. The molecule has 0 atom stereocenters. The molecule has 0 bridgehead atoms. The van der Waals surface area contributed by atoms with Crippen molar-refractivity contribution in [1.82, 2.24) is 0 Å². The second-order valence-electron chi connectivity index (χ2n) is 2.97. The van der Waals surface area contributed by atoms with Gasteiger partial charge in [-0.25, -0.2) is 0 Å². The van der Waals surface area contributed by atoms with E-state index in [-0.39, 0.29) is 12.4 Å². The summed E-state index contributed by atoms with van der Waals surface area (Å²) in [4.78, 5) is 0. The van der Waals surface area contributed by atoms with Gasteiger partial charge in [0.1, 0.15) is 0 Å². The highest BCUT2D eigenvalue weighted by atomic mass is 35.5. The summed E-state index contributed by atoms with van der Waals surface area (Å²) in [5.74, 6) is 0. The Morgan fingerprint density at radius 3 is 2.31 bits per heavy atom. The zero-order valence-electron chi connectivity index (χ0n) is 8.68. The predicted molar refractivity (Wildman–Crippen MR) is 65.9 cm³/mol. The van der Waals surface area contributed by atoms with Crippen LogP contribution in [0, 0.1) is 0 Å². The minimum atomic E-state index is -4.55. The van der Waals surface area contributed by atoms with E-state index >= 15 is 0 Å². The average Bonchev–Trinajstić information content (AvgIpc) is 2.17. The SMILES string of the molecule is CCc1ccc(N/C=C/S(=O)(=O)F)cc1.Cl. The van der Waals surface area contributed by atoms with E-state index in [4.69, 9.17) is 0 Å². The molecule has 1 aromatic rings. The summed E-state index contributed by atoms with van der Waals surface area (Å²) in [6.07, 6.45) is 1.99. The summed E-state index contributed by atoms with van der Waals surface area (Å²) < 4.78 is 32.3. The predicted octanol–water partition coefficient (Wildman–Crippen LogP) is 2.85. The quantitative estimate of drug-likeness (QED) is 0.852. The van der Waals surface area contributed by atoms with Crippen LogP contribution in [0.1, 0.15) is 12.5 Å². The molecular formula is C10H13ClFNO2S. The first-order chi connectivity index (χ1) is 7.01. The molecule has 0 radical (unpaired) electrons. The maximum atomic E-state index is 12.1. The molecule has 0 aliphatic carbocycles. The van der Waals surface area contributed by atoms with Gasteiger partial charge < -0.3 is 5.32 Å². The Morgan fingerprint density at radius 2 is 1.88 bits per heavy atom. The fourth-order valence-corrected chi connectivity index (χ4v) is 1.28. The molecule has 0 aliphatic rings. The molecule has 16 heavy (non-hydrogen) atoms. The van der Waals surface area contributed by atoms with Crippen molar-refractivity contribution in [2.24, 2.45) is 0 Å². The summed E-state index contributed by atoms with van der Waals surface area (Å²) in [6, 6.07) is 7.43. The molecule has 6 heteroatoms. The van der Waals surface area contributed by atoms with Crippen LogP contribution in [0.2, 0.25) is 0 Å². The van der Waals surface area contributed by atoms with E-state index in [1.54, 1.807) is 12.1 Å². The topological polar surface area (TPSA) is 46.2 Å². The van der Waals surface area contributed by atoms with Crippen molar-refractivity contribution in [3.8, 4) is 0 Å². The number of benzene rings is 1. The molecule has 0 saturated carbocycles. The largest absolute Gasteiger partial charge is 0.361 e. The smallest absolute Gasteiger partial charge is 0.326 e. The van der Waals surface area contributed by atoms with Crippen LogP contribution in [-0.4, -0.2) is 8.42 Å². The van der Waals surface area contributed by atoms with E-state index < -0.39 is 10.2 Å². The summed E-state index contributed by atoms with van der Waals surface area (Å²) in [7, 11) is -4.55. The van der Waals surface area contributed by atoms with Crippen LogP contribution in [0.5, 0.6) is 0 Å². The first-order valence-corrected chi connectivity index (χ1v) is 5.92. The second-order valence-corrected chi connectivity index (χ2v) is 4.20. The Kier molecular flexibility index (Phi) is 6.06. The lowest BCUT2D eigenvalue weighted by Gasteiger charge is -2.01. The Hall–Kier alpha value is -1.07. The van der Waals surface area contributed by atoms with Crippen LogP contribution in [0.15, 0.2) is 35.9 Å². The maximum absolute atomic E-state index is 12.1. The Balaban J connectivity index is 0.00000225. The van der Waals surface area contributed by atoms with Crippen molar-refractivity contribution in [2.45, 2.75) is 13.3 Å². The number of halogens is 2. The molecule has 0 aliphatic heterocycles. The van der Waals surface area contributed by atoms with Crippen molar-refractivity contribution in [2.75, 3.05) is 5.32 Å². The monoisotopic (exact) mass is 265 g/mol. The normalized spacial score (nSPS) is 11.1. The number of rotatable bonds is 4. The number of hydrogen-bond donors (Lipinski definition) is 1. The van der Waals surface area contributed by atoms with Gasteiger partial charge in [-0.15, -0.1) is 16.3 Å². The molecule has 0 aromatic heterocycles. The lowest BCUT2D eigenvalue weighted by atomic mass is 10.1. The molecule has 0 heterocycles. The van der Waals surface area contributed by atoms with Gasteiger partial charge in [0.05, 0.1) is 5.41 Å². The van der Waals surface area contributed by atoms with Gasteiger partial charge in [-0.1, -0.05) is 19.1 Å². The van der Waals surface area contributed by atoms with Crippen molar-refractivity contribution in [3.05, 3.63) is 41.4 Å². The summed E-state index contributed by atoms with van der Waals surface area (Å²) in [6.45, 7) is 2.04. The van der Waals surface area contributed by atoms with Gasteiger partial charge in [0.2, 0.25) is 0 Å². The molecule has 90 valence electrons. The van der Waals surface area contributed by atoms with E-state index in [0.717, 1.165) is 12.6 Å². The number of anilines is 1. The molecule has 0 unspecified atom stereocenters. The minimum Gasteiger partial charge on any atom is -0.361 e. The Labute approximate surface area is 101 Å². The lowest BCUT2D eigenvalue weighted by molar-refractivity contribution is 0.563. The highest BCUT2D eigenvalue weighted by molar-refractivity contribution is 7.89. The van der Waals surface area contributed by atoms with Crippen LogP contribution in [0.4, 0.5) is 9.57 Å². The fraction of sp³-hybridized carbons (Fsp3) is 0.200. The van der Waals surface area contributed by atoms with Crippen molar-refractivity contribution < 1.29 is 12.3 Å². The third-order valence-electron chi connectivity index (χ3n) is 1.84. The van der Waals surface area contributed by atoms with Gasteiger partial charge in [-0.05, 0) is 24.1 Å². The fourth-order valence-electron chi connectivity index (χ4n) is 1.05. The first-order valence-electron chi connectivity index (χ1n) is 4.48. The molecule has 1 N–H and O–H groups in total. The van der Waals surface area contributed by atoms with E-state index in [0.29, 0.717) is 11.1 Å². The van der Waals surface area contributed by atoms with Crippen LogP contribution >= 0.6 is 12.4 Å². The Morgan fingerprint density at radius 1 is 1.31 bits per heavy atom. The highest BCUT2D eigenvalue weighted by Crippen LogP contribution is 2.09. The molecule has 0 saturated heterocycles. The third-order valence-corrected chi connectivity index (χ3v) is 2.30. The van der Waals surface area contributed by atoms with Gasteiger partial charge in [-0.3, -0.25) is 0 Å². The highest BCUT2D eigenvalue weighted by Gasteiger charge is 1.97. The van der Waals surface area contributed by atoms with Crippen molar-refractivity contribution in [1.29, 1.82) is 0 Å². The molecular weight excluding hydrogens is 253 g/mol. The van der Waals surface area contributed by atoms with E-state index in [2.05, 4.69) is 5.32 Å².